The van der Waals surface area contributed by atoms with Gasteiger partial charge in [-0.05, 0) is 44.9 Å². The topological polar surface area (TPSA) is 64.6 Å². The Hall–Kier alpha value is -2.04. The van der Waals surface area contributed by atoms with Crippen LogP contribution in [0.5, 0.6) is 5.75 Å². The molecule has 0 aliphatic carbocycles. The number of alkyl carbamates (subject to hydrolysis) is 1. The summed E-state index contributed by atoms with van der Waals surface area (Å²) in [6.45, 7) is 7.31. The molecule has 1 rings (SSSR count). The third-order valence-corrected chi connectivity index (χ3v) is 2.27. The van der Waals surface area contributed by atoms with Crippen molar-refractivity contribution in [2.24, 2.45) is 0 Å². The molecule has 0 bridgehead atoms. The summed E-state index contributed by atoms with van der Waals surface area (Å²) >= 11 is 0. The molecule has 0 fully saturated rings. The SMILES string of the molecule is CC(=O)Oc1ccc(CCNC(=O)OC(C)(C)C)cc1. The Morgan fingerprint density at radius 3 is 2.25 bits per heavy atom. The molecule has 20 heavy (non-hydrogen) atoms. The molecule has 0 radical (unpaired) electrons. The van der Waals surface area contributed by atoms with Crippen LogP contribution in [0.25, 0.3) is 0 Å². The van der Waals surface area contributed by atoms with Crippen molar-refractivity contribution in [3.05, 3.63) is 29.8 Å². The molecule has 0 unspecified atom stereocenters. The molecule has 0 aliphatic rings. The normalized spacial score (nSPS) is 10.8. The fraction of sp³-hybridized carbons (Fsp3) is 0.467. The Balaban J connectivity index is 2.35. The van der Waals surface area contributed by atoms with Gasteiger partial charge in [0.1, 0.15) is 11.4 Å². The number of carbonyl (C=O) groups excluding carboxylic acids is 2. The first-order valence-corrected chi connectivity index (χ1v) is 6.50. The minimum atomic E-state index is -0.490. The molecule has 1 N–H and O–H groups in total. The highest BCUT2D eigenvalue weighted by Gasteiger charge is 2.15. The molecule has 0 saturated heterocycles. The molecule has 0 saturated carbocycles. The van der Waals surface area contributed by atoms with Crippen molar-refractivity contribution in [2.45, 2.75) is 39.7 Å². The highest BCUT2D eigenvalue weighted by molar-refractivity contribution is 5.69. The largest absolute Gasteiger partial charge is 0.444 e. The van der Waals surface area contributed by atoms with Gasteiger partial charge < -0.3 is 14.8 Å². The van der Waals surface area contributed by atoms with E-state index in [2.05, 4.69) is 5.32 Å². The number of nitrogens with one attached hydrogen (secondary N) is 1. The maximum absolute atomic E-state index is 11.4. The predicted molar refractivity (Wildman–Crippen MR) is 75.7 cm³/mol. The summed E-state index contributed by atoms with van der Waals surface area (Å²) in [4.78, 5) is 22.2. The van der Waals surface area contributed by atoms with Crippen LogP contribution < -0.4 is 10.1 Å². The average molecular weight is 279 g/mol. The summed E-state index contributed by atoms with van der Waals surface area (Å²) in [5.74, 6) is 0.172. The van der Waals surface area contributed by atoms with E-state index < -0.39 is 11.7 Å². The zero-order valence-electron chi connectivity index (χ0n) is 12.4. The van der Waals surface area contributed by atoms with Crippen LogP contribution in [0.2, 0.25) is 0 Å². The number of rotatable bonds is 4. The maximum Gasteiger partial charge on any atom is 0.407 e. The Morgan fingerprint density at radius 2 is 1.75 bits per heavy atom. The second-order valence-electron chi connectivity index (χ2n) is 5.42. The molecular weight excluding hydrogens is 258 g/mol. The first kappa shape index (κ1) is 16.0. The van der Waals surface area contributed by atoms with Crippen molar-refractivity contribution in [1.82, 2.24) is 5.32 Å². The van der Waals surface area contributed by atoms with Crippen LogP contribution in [0, 0.1) is 0 Å². The first-order valence-electron chi connectivity index (χ1n) is 6.50. The highest BCUT2D eigenvalue weighted by atomic mass is 16.6. The lowest BCUT2D eigenvalue weighted by atomic mass is 10.1. The van der Waals surface area contributed by atoms with E-state index in [9.17, 15) is 9.59 Å². The summed E-state index contributed by atoms with van der Waals surface area (Å²) in [5.41, 5.74) is 0.549. The summed E-state index contributed by atoms with van der Waals surface area (Å²) in [6, 6.07) is 7.17. The molecule has 1 aromatic carbocycles. The summed E-state index contributed by atoms with van der Waals surface area (Å²) in [6.07, 6.45) is 0.258. The molecule has 110 valence electrons. The van der Waals surface area contributed by atoms with E-state index in [4.69, 9.17) is 9.47 Å². The fourth-order valence-corrected chi connectivity index (χ4v) is 1.51. The van der Waals surface area contributed by atoms with Crippen molar-refractivity contribution < 1.29 is 19.1 Å². The van der Waals surface area contributed by atoms with Crippen LogP contribution >= 0.6 is 0 Å². The summed E-state index contributed by atoms with van der Waals surface area (Å²) in [7, 11) is 0. The second-order valence-corrected chi connectivity index (χ2v) is 5.42. The van der Waals surface area contributed by atoms with Gasteiger partial charge in [-0.15, -0.1) is 0 Å². The summed E-state index contributed by atoms with van der Waals surface area (Å²) in [5, 5.41) is 2.69. The third kappa shape index (κ3) is 6.78. The highest BCUT2D eigenvalue weighted by Crippen LogP contribution is 2.12. The van der Waals surface area contributed by atoms with Gasteiger partial charge in [-0.2, -0.15) is 0 Å². The Kier molecular flexibility index (Phi) is 5.55. The monoisotopic (exact) mass is 279 g/mol. The van der Waals surface area contributed by atoms with Gasteiger partial charge >= 0.3 is 12.1 Å². The zero-order valence-corrected chi connectivity index (χ0v) is 12.4. The van der Waals surface area contributed by atoms with Gasteiger partial charge in [0.2, 0.25) is 0 Å². The van der Waals surface area contributed by atoms with E-state index in [1.54, 1.807) is 12.1 Å². The Labute approximate surface area is 119 Å². The van der Waals surface area contributed by atoms with Crippen LogP contribution in [0.1, 0.15) is 33.3 Å². The molecule has 0 spiro atoms. The van der Waals surface area contributed by atoms with E-state index in [1.807, 2.05) is 32.9 Å². The van der Waals surface area contributed by atoms with Crippen LogP contribution in [0.3, 0.4) is 0 Å². The molecule has 5 heteroatoms. The van der Waals surface area contributed by atoms with Crippen LogP contribution in [-0.2, 0) is 16.0 Å². The van der Waals surface area contributed by atoms with Crippen LogP contribution in [0.4, 0.5) is 4.79 Å². The van der Waals surface area contributed by atoms with Gasteiger partial charge in [-0.1, -0.05) is 12.1 Å². The van der Waals surface area contributed by atoms with E-state index in [-0.39, 0.29) is 5.97 Å². The predicted octanol–water partition coefficient (Wildman–Crippen LogP) is 2.68. The van der Waals surface area contributed by atoms with E-state index >= 15 is 0 Å². The van der Waals surface area contributed by atoms with E-state index in [0.717, 1.165) is 5.56 Å². The van der Waals surface area contributed by atoms with Crippen LogP contribution in [0.15, 0.2) is 24.3 Å². The van der Waals surface area contributed by atoms with E-state index in [0.29, 0.717) is 18.7 Å². The maximum atomic E-state index is 11.4. The lowest BCUT2D eigenvalue weighted by Gasteiger charge is -2.19. The van der Waals surface area contributed by atoms with Gasteiger partial charge in [0, 0.05) is 13.5 Å². The molecule has 0 aromatic heterocycles. The van der Waals surface area contributed by atoms with Gasteiger partial charge in [0.05, 0.1) is 0 Å². The van der Waals surface area contributed by atoms with Gasteiger partial charge in [-0.3, -0.25) is 4.79 Å². The quantitative estimate of drug-likeness (QED) is 0.680. The fourth-order valence-electron chi connectivity index (χ4n) is 1.51. The Bertz CT molecular complexity index is 460. The van der Waals surface area contributed by atoms with Gasteiger partial charge in [-0.25, -0.2) is 4.79 Å². The number of ether oxygens (including phenoxy) is 2. The zero-order chi connectivity index (χ0) is 15.2. The summed E-state index contributed by atoms with van der Waals surface area (Å²) < 4.78 is 10.1. The van der Waals surface area contributed by atoms with Crippen molar-refractivity contribution in [3.8, 4) is 5.75 Å². The number of hydrogen-bond donors (Lipinski definition) is 1. The molecule has 0 aliphatic heterocycles. The average Bonchev–Trinajstić information content (AvgIpc) is 2.28. The molecule has 1 amide bonds. The van der Waals surface area contributed by atoms with Gasteiger partial charge in [0.15, 0.2) is 0 Å². The van der Waals surface area contributed by atoms with Crippen molar-refractivity contribution >= 4 is 12.1 Å². The lowest BCUT2D eigenvalue weighted by molar-refractivity contribution is -0.131. The van der Waals surface area contributed by atoms with Crippen molar-refractivity contribution in [2.75, 3.05) is 6.54 Å². The van der Waals surface area contributed by atoms with Crippen LogP contribution in [-0.4, -0.2) is 24.2 Å². The van der Waals surface area contributed by atoms with Crippen molar-refractivity contribution in [1.29, 1.82) is 0 Å². The third-order valence-electron chi connectivity index (χ3n) is 2.27. The second kappa shape index (κ2) is 6.93. The molecule has 0 heterocycles. The van der Waals surface area contributed by atoms with Crippen molar-refractivity contribution in [3.63, 3.8) is 0 Å². The number of carbonyl (C=O) groups is 2. The minimum absolute atomic E-state index is 0.343. The van der Waals surface area contributed by atoms with E-state index in [1.165, 1.54) is 6.92 Å². The Morgan fingerprint density at radius 1 is 1.15 bits per heavy atom. The number of esters is 1. The molecule has 1 aromatic rings. The smallest absolute Gasteiger partial charge is 0.407 e. The number of amides is 1. The molecule has 0 atom stereocenters. The molecule has 5 nitrogen and oxygen atoms in total. The first-order chi connectivity index (χ1) is 9.26. The number of benzene rings is 1. The minimum Gasteiger partial charge on any atom is -0.444 e. The molecular formula is C15H21NO4. The number of hydrogen-bond acceptors (Lipinski definition) is 4. The standard InChI is InChI=1S/C15H21NO4/c1-11(17)19-13-7-5-12(6-8-13)9-10-16-14(18)20-15(2,3)4/h5-8H,9-10H2,1-4H3,(H,16,18). The lowest BCUT2D eigenvalue weighted by Crippen LogP contribution is -2.33. The van der Waals surface area contributed by atoms with Gasteiger partial charge in [0.25, 0.3) is 0 Å².